The monoisotopic (exact) mass is 278 g/mol. The Morgan fingerprint density at radius 3 is 2.95 bits per heavy atom. The second kappa shape index (κ2) is 6.42. The zero-order valence-electron chi connectivity index (χ0n) is 11.9. The van der Waals surface area contributed by atoms with Crippen LogP contribution in [0.5, 0.6) is 0 Å². The van der Waals surface area contributed by atoms with Crippen molar-refractivity contribution in [3.05, 3.63) is 23.9 Å². The molecule has 1 aromatic heterocycles. The smallest absolute Gasteiger partial charge is 0.219 e. The molecule has 0 N–H and O–H groups in total. The topological polar surface area (TPSA) is 33.2 Å². The predicted molar refractivity (Wildman–Crippen MR) is 79.2 cm³/mol. The molecular weight excluding hydrogens is 256 g/mol. The lowest BCUT2D eigenvalue weighted by Crippen LogP contribution is -2.37. The van der Waals surface area contributed by atoms with Crippen LogP contribution in [0, 0.1) is 0 Å². The van der Waals surface area contributed by atoms with E-state index in [2.05, 4.69) is 24.9 Å². The molecule has 0 aliphatic carbocycles. The fourth-order valence-corrected chi connectivity index (χ4v) is 3.52. The van der Waals surface area contributed by atoms with Gasteiger partial charge in [0.05, 0.1) is 6.04 Å². The zero-order valence-corrected chi connectivity index (χ0v) is 12.7. The zero-order chi connectivity index (χ0) is 13.8. The van der Waals surface area contributed by atoms with Crippen molar-refractivity contribution in [3.8, 4) is 0 Å². The molecule has 0 unspecified atom stereocenters. The highest BCUT2D eigenvalue weighted by Crippen LogP contribution is 2.36. The molecule has 1 aromatic rings. The standard InChI is InChI=1S/C15H22N2OS/c1-11(2)19-15-13(7-6-9-16-15)14-8-4-5-10-17(14)12(3)18/h6-7,9,11,14H,4-5,8,10H2,1-3H3/t14-/m1/s1. The molecule has 1 fully saturated rings. The minimum absolute atomic E-state index is 0.175. The van der Waals surface area contributed by atoms with Gasteiger partial charge in [-0.25, -0.2) is 4.98 Å². The lowest BCUT2D eigenvalue weighted by molar-refractivity contribution is -0.132. The van der Waals surface area contributed by atoms with Crippen LogP contribution in [-0.2, 0) is 4.79 Å². The number of rotatable bonds is 3. The SMILES string of the molecule is CC(=O)N1CCCC[C@@H]1c1cccnc1SC(C)C. The Hall–Kier alpha value is -1.03. The average molecular weight is 278 g/mol. The molecule has 0 bridgehead atoms. The van der Waals surface area contributed by atoms with E-state index in [0.29, 0.717) is 5.25 Å². The first-order valence-corrected chi connectivity index (χ1v) is 7.86. The molecule has 1 saturated heterocycles. The molecule has 0 aromatic carbocycles. The maximum Gasteiger partial charge on any atom is 0.219 e. The van der Waals surface area contributed by atoms with E-state index < -0.39 is 0 Å². The molecule has 1 aliphatic heterocycles. The molecule has 1 aliphatic rings. The fourth-order valence-electron chi connectivity index (χ4n) is 2.61. The highest BCUT2D eigenvalue weighted by atomic mass is 32.2. The van der Waals surface area contributed by atoms with Gasteiger partial charge in [0.1, 0.15) is 5.03 Å². The molecule has 2 heterocycles. The van der Waals surface area contributed by atoms with Gasteiger partial charge >= 0.3 is 0 Å². The van der Waals surface area contributed by atoms with Crippen molar-refractivity contribution in [1.82, 2.24) is 9.88 Å². The number of likely N-dealkylation sites (tertiary alicyclic amines) is 1. The predicted octanol–water partition coefficient (Wildman–Crippen LogP) is 3.66. The van der Waals surface area contributed by atoms with E-state index in [1.54, 1.807) is 18.7 Å². The summed E-state index contributed by atoms with van der Waals surface area (Å²) in [5.41, 5.74) is 1.22. The summed E-state index contributed by atoms with van der Waals surface area (Å²) < 4.78 is 0. The molecule has 3 nitrogen and oxygen atoms in total. The summed E-state index contributed by atoms with van der Waals surface area (Å²) in [6, 6.07) is 4.32. The Labute approximate surface area is 119 Å². The van der Waals surface area contributed by atoms with E-state index >= 15 is 0 Å². The number of pyridine rings is 1. The van der Waals surface area contributed by atoms with Crippen LogP contribution in [0.25, 0.3) is 0 Å². The van der Waals surface area contributed by atoms with Crippen LogP contribution in [0.15, 0.2) is 23.4 Å². The molecule has 19 heavy (non-hydrogen) atoms. The molecule has 104 valence electrons. The number of hydrogen-bond donors (Lipinski definition) is 0. The van der Waals surface area contributed by atoms with E-state index in [4.69, 9.17) is 0 Å². The highest BCUT2D eigenvalue weighted by molar-refractivity contribution is 7.99. The van der Waals surface area contributed by atoms with Gasteiger partial charge in [-0.3, -0.25) is 4.79 Å². The highest BCUT2D eigenvalue weighted by Gasteiger charge is 2.28. The Morgan fingerprint density at radius 2 is 2.26 bits per heavy atom. The fraction of sp³-hybridized carbons (Fsp3) is 0.600. The van der Waals surface area contributed by atoms with Crippen LogP contribution < -0.4 is 0 Å². The summed E-state index contributed by atoms with van der Waals surface area (Å²) in [7, 11) is 0. The number of hydrogen-bond acceptors (Lipinski definition) is 3. The average Bonchev–Trinajstić information content (AvgIpc) is 2.38. The minimum Gasteiger partial charge on any atom is -0.336 e. The minimum atomic E-state index is 0.175. The van der Waals surface area contributed by atoms with E-state index in [1.165, 1.54) is 12.0 Å². The molecule has 0 spiro atoms. The third-order valence-corrected chi connectivity index (χ3v) is 4.45. The quantitative estimate of drug-likeness (QED) is 0.791. The van der Waals surface area contributed by atoms with Gasteiger partial charge in [-0.2, -0.15) is 0 Å². The van der Waals surface area contributed by atoms with Gasteiger partial charge in [-0.1, -0.05) is 19.9 Å². The summed E-state index contributed by atoms with van der Waals surface area (Å²) in [5, 5.41) is 1.58. The Morgan fingerprint density at radius 1 is 1.47 bits per heavy atom. The first kappa shape index (κ1) is 14.4. The number of nitrogens with zero attached hydrogens (tertiary/aromatic N) is 2. The number of amides is 1. The summed E-state index contributed by atoms with van der Waals surface area (Å²) in [6.07, 6.45) is 5.20. The van der Waals surface area contributed by atoms with Crippen molar-refractivity contribution in [1.29, 1.82) is 0 Å². The van der Waals surface area contributed by atoms with E-state index in [9.17, 15) is 4.79 Å². The number of piperidine rings is 1. The van der Waals surface area contributed by atoms with Crippen molar-refractivity contribution in [2.45, 2.75) is 56.4 Å². The third kappa shape index (κ3) is 3.50. The molecular formula is C15H22N2OS. The van der Waals surface area contributed by atoms with Crippen molar-refractivity contribution in [2.24, 2.45) is 0 Å². The maximum absolute atomic E-state index is 11.8. The van der Waals surface area contributed by atoms with Crippen molar-refractivity contribution >= 4 is 17.7 Å². The summed E-state index contributed by atoms with van der Waals surface area (Å²) in [5.74, 6) is 0.175. The van der Waals surface area contributed by atoms with Gasteiger partial charge in [0.2, 0.25) is 5.91 Å². The number of carbonyl (C=O) groups excluding carboxylic acids is 1. The second-order valence-electron chi connectivity index (χ2n) is 5.29. The van der Waals surface area contributed by atoms with Gasteiger partial charge in [0, 0.05) is 30.5 Å². The van der Waals surface area contributed by atoms with Crippen LogP contribution in [0.2, 0.25) is 0 Å². The molecule has 0 radical (unpaired) electrons. The number of thioether (sulfide) groups is 1. The molecule has 2 rings (SSSR count). The molecule has 4 heteroatoms. The lowest BCUT2D eigenvalue weighted by atomic mass is 9.96. The summed E-state index contributed by atoms with van der Waals surface area (Å²) in [6.45, 7) is 6.89. The lowest BCUT2D eigenvalue weighted by Gasteiger charge is -2.36. The summed E-state index contributed by atoms with van der Waals surface area (Å²) >= 11 is 1.78. The largest absolute Gasteiger partial charge is 0.336 e. The van der Waals surface area contributed by atoms with Gasteiger partial charge in [-0.05, 0) is 25.3 Å². The molecule has 1 amide bonds. The number of carbonyl (C=O) groups is 1. The van der Waals surface area contributed by atoms with Crippen molar-refractivity contribution < 1.29 is 4.79 Å². The van der Waals surface area contributed by atoms with E-state index in [0.717, 1.165) is 24.4 Å². The normalized spacial score (nSPS) is 19.8. The van der Waals surface area contributed by atoms with Crippen LogP contribution in [-0.4, -0.2) is 27.6 Å². The van der Waals surface area contributed by atoms with Crippen LogP contribution >= 0.6 is 11.8 Å². The second-order valence-corrected chi connectivity index (χ2v) is 6.85. The Bertz CT molecular complexity index is 448. The maximum atomic E-state index is 11.8. The number of aromatic nitrogens is 1. The molecule has 0 saturated carbocycles. The van der Waals surface area contributed by atoms with Gasteiger partial charge in [0.15, 0.2) is 0 Å². The third-order valence-electron chi connectivity index (χ3n) is 3.41. The van der Waals surface area contributed by atoms with Gasteiger partial charge < -0.3 is 4.90 Å². The molecule has 1 atom stereocenters. The van der Waals surface area contributed by atoms with Gasteiger partial charge in [0.25, 0.3) is 0 Å². The van der Waals surface area contributed by atoms with E-state index in [-0.39, 0.29) is 11.9 Å². The van der Waals surface area contributed by atoms with Crippen LogP contribution in [0.3, 0.4) is 0 Å². The Balaban J connectivity index is 2.30. The summed E-state index contributed by atoms with van der Waals surface area (Å²) in [4.78, 5) is 18.3. The van der Waals surface area contributed by atoms with E-state index in [1.807, 2.05) is 17.2 Å². The first-order chi connectivity index (χ1) is 9.09. The van der Waals surface area contributed by atoms with Gasteiger partial charge in [-0.15, -0.1) is 11.8 Å². The first-order valence-electron chi connectivity index (χ1n) is 6.98. The Kier molecular flexibility index (Phi) is 4.86. The van der Waals surface area contributed by atoms with Crippen molar-refractivity contribution in [3.63, 3.8) is 0 Å². The van der Waals surface area contributed by atoms with Crippen LogP contribution in [0.4, 0.5) is 0 Å². The van der Waals surface area contributed by atoms with Crippen molar-refractivity contribution in [2.75, 3.05) is 6.54 Å². The van der Waals surface area contributed by atoms with Crippen LogP contribution in [0.1, 0.15) is 51.6 Å².